The highest BCUT2D eigenvalue weighted by atomic mass is 16.5. The van der Waals surface area contributed by atoms with Gasteiger partial charge in [-0.3, -0.25) is 4.79 Å². The first-order valence-corrected chi connectivity index (χ1v) is 6.96. The predicted octanol–water partition coefficient (Wildman–Crippen LogP) is 2.40. The van der Waals surface area contributed by atoms with Crippen molar-refractivity contribution in [1.82, 2.24) is 10.6 Å². The molecule has 1 amide bonds. The summed E-state index contributed by atoms with van der Waals surface area (Å²) in [6.07, 6.45) is -0.505. The second-order valence-corrected chi connectivity index (χ2v) is 6.04. The van der Waals surface area contributed by atoms with Crippen LogP contribution >= 0.6 is 0 Å². The van der Waals surface area contributed by atoms with Gasteiger partial charge in [-0.05, 0) is 40.2 Å². The molecule has 4 nitrogen and oxygen atoms in total. The van der Waals surface area contributed by atoms with Gasteiger partial charge >= 0.3 is 0 Å². The molecule has 20 heavy (non-hydrogen) atoms. The Morgan fingerprint density at radius 3 is 2.55 bits per heavy atom. The maximum absolute atomic E-state index is 11.6. The number of hydrogen-bond donors (Lipinski definition) is 2. The molecular weight excluding hydrogens is 252 g/mol. The summed E-state index contributed by atoms with van der Waals surface area (Å²) in [4.78, 5) is 11.6. The van der Waals surface area contributed by atoms with Crippen LogP contribution in [0.1, 0.15) is 38.8 Å². The zero-order chi connectivity index (χ0) is 15.3. The SMILES string of the molecule is CNC(=O)C(C)Oc1c(C)cccc1CNC(C)(C)C. The van der Waals surface area contributed by atoms with Gasteiger partial charge < -0.3 is 15.4 Å². The maximum atomic E-state index is 11.6. The summed E-state index contributed by atoms with van der Waals surface area (Å²) in [5.41, 5.74) is 2.14. The number of benzene rings is 1. The minimum Gasteiger partial charge on any atom is -0.480 e. The lowest BCUT2D eigenvalue weighted by atomic mass is 10.1. The van der Waals surface area contributed by atoms with Crippen LogP contribution in [-0.4, -0.2) is 24.6 Å². The molecule has 112 valence electrons. The average Bonchev–Trinajstić information content (AvgIpc) is 2.37. The third-order valence-electron chi connectivity index (χ3n) is 3.01. The number of ether oxygens (including phenoxy) is 1. The molecule has 0 radical (unpaired) electrons. The van der Waals surface area contributed by atoms with Gasteiger partial charge in [0.1, 0.15) is 5.75 Å². The summed E-state index contributed by atoms with van der Waals surface area (Å²) in [5.74, 6) is 0.670. The number of para-hydroxylation sites is 1. The van der Waals surface area contributed by atoms with E-state index >= 15 is 0 Å². The number of amides is 1. The zero-order valence-electron chi connectivity index (χ0n) is 13.3. The first kappa shape index (κ1) is 16.5. The van der Waals surface area contributed by atoms with Gasteiger partial charge in [0.25, 0.3) is 5.91 Å². The number of likely N-dealkylation sites (N-methyl/N-ethyl adjacent to an activating group) is 1. The Kier molecular flexibility index (Phi) is 5.57. The van der Waals surface area contributed by atoms with E-state index in [2.05, 4.69) is 31.4 Å². The van der Waals surface area contributed by atoms with Gasteiger partial charge in [-0.2, -0.15) is 0 Å². The van der Waals surface area contributed by atoms with E-state index in [1.807, 2.05) is 25.1 Å². The van der Waals surface area contributed by atoms with Crippen LogP contribution in [0.5, 0.6) is 5.75 Å². The van der Waals surface area contributed by atoms with E-state index < -0.39 is 6.10 Å². The van der Waals surface area contributed by atoms with Gasteiger partial charge in [-0.25, -0.2) is 0 Å². The minimum atomic E-state index is -0.505. The number of nitrogens with one attached hydrogen (secondary N) is 2. The van der Waals surface area contributed by atoms with Crippen LogP contribution in [0.25, 0.3) is 0 Å². The largest absolute Gasteiger partial charge is 0.480 e. The molecule has 1 aromatic carbocycles. The second-order valence-electron chi connectivity index (χ2n) is 6.04. The molecule has 0 aliphatic rings. The highest BCUT2D eigenvalue weighted by Gasteiger charge is 2.17. The second kappa shape index (κ2) is 6.75. The van der Waals surface area contributed by atoms with Crippen LogP contribution in [0.2, 0.25) is 0 Å². The smallest absolute Gasteiger partial charge is 0.260 e. The molecule has 0 aromatic heterocycles. The van der Waals surface area contributed by atoms with E-state index in [4.69, 9.17) is 4.74 Å². The molecule has 1 aromatic rings. The van der Waals surface area contributed by atoms with Crippen LogP contribution in [0.4, 0.5) is 0 Å². The fourth-order valence-electron chi connectivity index (χ4n) is 1.82. The minimum absolute atomic E-state index is 0.0351. The van der Waals surface area contributed by atoms with E-state index in [9.17, 15) is 4.79 Å². The molecule has 1 rings (SSSR count). The van der Waals surface area contributed by atoms with Gasteiger partial charge in [-0.1, -0.05) is 18.2 Å². The lowest BCUT2D eigenvalue weighted by Crippen LogP contribution is -2.36. The van der Waals surface area contributed by atoms with Crippen molar-refractivity contribution in [2.24, 2.45) is 0 Å². The number of hydrogen-bond acceptors (Lipinski definition) is 3. The van der Waals surface area contributed by atoms with Gasteiger partial charge in [0.15, 0.2) is 6.10 Å². The predicted molar refractivity (Wildman–Crippen MR) is 81.9 cm³/mol. The zero-order valence-corrected chi connectivity index (χ0v) is 13.3. The Hall–Kier alpha value is -1.55. The average molecular weight is 278 g/mol. The number of aryl methyl sites for hydroxylation is 1. The highest BCUT2D eigenvalue weighted by molar-refractivity contribution is 5.80. The summed E-state index contributed by atoms with van der Waals surface area (Å²) >= 11 is 0. The number of carbonyl (C=O) groups is 1. The van der Waals surface area contributed by atoms with Crippen molar-refractivity contribution >= 4 is 5.91 Å². The third-order valence-corrected chi connectivity index (χ3v) is 3.01. The molecule has 4 heteroatoms. The quantitative estimate of drug-likeness (QED) is 0.869. The molecule has 0 saturated heterocycles. The summed E-state index contributed by atoms with van der Waals surface area (Å²) in [6, 6.07) is 6.02. The number of rotatable bonds is 5. The standard InChI is InChI=1S/C16H26N2O2/c1-11-8-7-9-13(10-18-16(3,4)5)14(11)20-12(2)15(19)17-6/h7-9,12,18H,10H2,1-6H3,(H,17,19). The maximum Gasteiger partial charge on any atom is 0.260 e. The van der Waals surface area contributed by atoms with E-state index in [1.165, 1.54) is 0 Å². The van der Waals surface area contributed by atoms with Crippen LogP contribution in [0, 0.1) is 6.92 Å². The van der Waals surface area contributed by atoms with Crippen molar-refractivity contribution in [3.63, 3.8) is 0 Å². The Bertz CT molecular complexity index is 464. The normalized spacial score (nSPS) is 12.9. The van der Waals surface area contributed by atoms with Crippen LogP contribution in [-0.2, 0) is 11.3 Å². The highest BCUT2D eigenvalue weighted by Crippen LogP contribution is 2.25. The first-order valence-electron chi connectivity index (χ1n) is 6.96. The Labute approximate surface area is 121 Å². The van der Waals surface area contributed by atoms with Crippen molar-refractivity contribution in [3.05, 3.63) is 29.3 Å². The van der Waals surface area contributed by atoms with E-state index in [-0.39, 0.29) is 11.4 Å². The van der Waals surface area contributed by atoms with Gasteiger partial charge in [0.2, 0.25) is 0 Å². The molecule has 0 fully saturated rings. The molecule has 1 atom stereocenters. The summed E-state index contributed by atoms with van der Waals surface area (Å²) < 4.78 is 5.84. The topological polar surface area (TPSA) is 50.4 Å². The Morgan fingerprint density at radius 1 is 1.35 bits per heavy atom. The van der Waals surface area contributed by atoms with Crippen LogP contribution in [0.15, 0.2) is 18.2 Å². The fraction of sp³-hybridized carbons (Fsp3) is 0.562. The molecule has 1 unspecified atom stereocenters. The van der Waals surface area contributed by atoms with Gasteiger partial charge in [-0.15, -0.1) is 0 Å². The lowest BCUT2D eigenvalue weighted by molar-refractivity contribution is -0.126. The molecule has 0 spiro atoms. The molecule has 0 aliphatic heterocycles. The molecule has 0 heterocycles. The Morgan fingerprint density at radius 2 is 2.00 bits per heavy atom. The number of carbonyl (C=O) groups excluding carboxylic acids is 1. The summed E-state index contributed by atoms with van der Waals surface area (Å²) in [5, 5.41) is 6.04. The van der Waals surface area contributed by atoms with Gasteiger partial charge in [0.05, 0.1) is 0 Å². The van der Waals surface area contributed by atoms with E-state index in [1.54, 1.807) is 14.0 Å². The molecule has 0 bridgehead atoms. The van der Waals surface area contributed by atoms with Crippen molar-refractivity contribution < 1.29 is 9.53 Å². The summed E-state index contributed by atoms with van der Waals surface area (Å²) in [6.45, 7) is 10.8. The van der Waals surface area contributed by atoms with E-state index in [0.717, 1.165) is 16.9 Å². The third kappa shape index (κ3) is 4.85. The molecule has 0 saturated carbocycles. The lowest BCUT2D eigenvalue weighted by Gasteiger charge is -2.23. The molecule has 2 N–H and O–H groups in total. The van der Waals surface area contributed by atoms with Crippen molar-refractivity contribution in [2.75, 3.05) is 7.05 Å². The monoisotopic (exact) mass is 278 g/mol. The van der Waals surface area contributed by atoms with Crippen molar-refractivity contribution in [1.29, 1.82) is 0 Å². The van der Waals surface area contributed by atoms with Crippen LogP contribution in [0.3, 0.4) is 0 Å². The molecular formula is C16H26N2O2. The first-order chi connectivity index (χ1) is 9.24. The van der Waals surface area contributed by atoms with Crippen molar-refractivity contribution in [3.8, 4) is 5.75 Å². The fourth-order valence-corrected chi connectivity index (χ4v) is 1.82. The molecule has 0 aliphatic carbocycles. The van der Waals surface area contributed by atoms with Gasteiger partial charge in [0, 0.05) is 24.7 Å². The van der Waals surface area contributed by atoms with Crippen molar-refractivity contribution in [2.45, 2.75) is 52.8 Å². The van der Waals surface area contributed by atoms with Crippen LogP contribution < -0.4 is 15.4 Å². The summed E-state index contributed by atoms with van der Waals surface area (Å²) in [7, 11) is 1.61. The van der Waals surface area contributed by atoms with E-state index in [0.29, 0.717) is 6.54 Å². The Balaban J connectivity index is 2.91.